The molecule has 0 saturated carbocycles. The number of aromatic nitrogens is 4. The first-order valence-electron chi connectivity index (χ1n) is 15.9. The Morgan fingerprint density at radius 1 is 0.957 bits per heavy atom. The molecule has 3 aliphatic rings. The van der Waals surface area contributed by atoms with Gasteiger partial charge in [0, 0.05) is 75.9 Å². The third kappa shape index (κ3) is 6.34. The first-order chi connectivity index (χ1) is 22.8. The maximum atomic E-state index is 13.7. The average Bonchev–Trinajstić information content (AvgIpc) is 3.56. The minimum atomic E-state index is -4.71. The molecule has 47 heavy (non-hydrogen) atoms. The highest BCUT2D eigenvalue weighted by Crippen LogP contribution is 2.37. The predicted octanol–water partition coefficient (Wildman–Crippen LogP) is 3.44. The zero-order chi connectivity index (χ0) is 32.5. The lowest BCUT2D eigenvalue weighted by molar-refractivity contribution is -0.146. The number of nitrogens with zero attached hydrogens (tertiary/aromatic N) is 7. The summed E-state index contributed by atoms with van der Waals surface area (Å²) in [5.41, 5.74) is 3.34. The van der Waals surface area contributed by atoms with Crippen LogP contribution in [0.15, 0.2) is 78.9 Å². The molecular weight excluding hydrogens is 609 g/mol. The standard InChI is InChI=1S/C34H37F3N8O2/c1-47-30-13-12-27(45-33(34(35,36)37)39-40-41-45)16-25(30)19-42-20-28-21-43(32(46)26-17-38-18-26)14-15-44(28)29(22-42)31(23-8-4-2-5-9-23)24-10-6-3-7-11-24/h2-13,16,26,28-29,31,38H,14-15,17-22H2,1H3/t28-,29+/m1/s1. The Kier molecular flexibility index (Phi) is 8.69. The summed E-state index contributed by atoms with van der Waals surface area (Å²) < 4.78 is 47.4. The number of fused-ring (bicyclic) bond motifs is 1. The Balaban J connectivity index is 1.24. The summed E-state index contributed by atoms with van der Waals surface area (Å²) >= 11 is 0. The highest BCUT2D eigenvalue weighted by Gasteiger charge is 2.44. The van der Waals surface area contributed by atoms with E-state index >= 15 is 0 Å². The molecule has 13 heteroatoms. The number of carbonyl (C=O) groups excluding carboxylic acids is 1. The van der Waals surface area contributed by atoms with Gasteiger partial charge in [-0.1, -0.05) is 60.7 Å². The lowest BCUT2D eigenvalue weighted by atomic mass is 9.81. The monoisotopic (exact) mass is 646 g/mol. The Hall–Kier alpha value is -4.33. The number of methoxy groups -OCH3 is 1. The first kappa shape index (κ1) is 31.3. The third-order valence-electron chi connectivity index (χ3n) is 9.64. The second-order valence-corrected chi connectivity index (χ2v) is 12.5. The molecule has 2 atom stereocenters. The molecule has 0 radical (unpaired) electrons. The number of carbonyl (C=O) groups is 1. The van der Waals surface area contributed by atoms with Crippen molar-refractivity contribution in [2.45, 2.75) is 30.7 Å². The van der Waals surface area contributed by atoms with E-state index in [9.17, 15) is 18.0 Å². The van der Waals surface area contributed by atoms with Gasteiger partial charge in [-0.25, -0.2) is 0 Å². The highest BCUT2D eigenvalue weighted by atomic mass is 19.4. The number of halogens is 3. The summed E-state index contributed by atoms with van der Waals surface area (Å²) in [7, 11) is 1.55. The van der Waals surface area contributed by atoms with Crippen molar-refractivity contribution >= 4 is 5.91 Å². The van der Waals surface area contributed by atoms with E-state index in [1.165, 1.54) is 17.2 Å². The normalized spacial score (nSPS) is 21.0. The van der Waals surface area contributed by atoms with Crippen LogP contribution in [0, 0.1) is 5.92 Å². The van der Waals surface area contributed by atoms with Crippen molar-refractivity contribution in [3.63, 3.8) is 0 Å². The van der Waals surface area contributed by atoms with Gasteiger partial charge in [0.1, 0.15) is 5.75 Å². The minimum Gasteiger partial charge on any atom is -0.496 e. The first-order valence-corrected chi connectivity index (χ1v) is 15.9. The van der Waals surface area contributed by atoms with Crippen molar-refractivity contribution in [3.8, 4) is 11.4 Å². The Labute approximate surface area is 271 Å². The molecule has 0 aliphatic carbocycles. The number of amides is 1. The number of tetrazole rings is 1. The molecule has 0 unspecified atom stereocenters. The Bertz CT molecular complexity index is 1640. The number of rotatable bonds is 8. The third-order valence-corrected chi connectivity index (χ3v) is 9.64. The van der Waals surface area contributed by atoms with Gasteiger partial charge >= 0.3 is 6.18 Å². The summed E-state index contributed by atoms with van der Waals surface area (Å²) in [4.78, 5) is 20.3. The molecule has 3 aliphatic heterocycles. The van der Waals surface area contributed by atoms with Crippen LogP contribution in [0.4, 0.5) is 13.2 Å². The van der Waals surface area contributed by atoms with Gasteiger partial charge in [0.25, 0.3) is 5.82 Å². The van der Waals surface area contributed by atoms with Crippen LogP contribution < -0.4 is 10.1 Å². The van der Waals surface area contributed by atoms with Gasteiger partial charge in [-0.15, -0.1) is 5.10 Å². The van der Waals surface area contributed by atoms with Gasteiger partial charge in [0.15, 0.2) is 0 Å². The maximum Gasteiger partial charge on any atom is 0.453 e. The Morgan fingerprint density at radius 2 is 1.66 bits per heavy atom. The quantitative estimate of drug-likeness (QED) is 0.312. The average molecular weight is 647 g/mol. The van der Waals surface area contributed by atoms with Gasteiger partial charge < -0.3 is 15.0 Å². The smallest absolute Gasteiger partial charge is 0.453 e. The zero-order valence-electron chi connectivity index (χ0n) is 26.1. The number of ether oxygens (including phenoxy) is 1. The van der Waals surface area contributed by atoms with Gasteiger partial charge in [-0.05, 0) is 39.8 Å². The molecule has 1 amide bonds. The summed E-state index contributed by atoms with van der Waals surface area (Å²) in [5.74, 6) is -0.335. The lowest BCUT2D eigenvalue weighted by Gasteiger charge is -2.54. The van der Waals surface area contributed by atoms with Gasteiger partial charge in [-0.3, -0.25) is 14.6 Å². The predicted molar refractivity (Wildman–Crippen MR) is 168 cm³/mol. The van der Waals surface area contributed by atoms with E-state index in [0.29, 0.717) is 43.2 Å². The highest BCUT2D eigenvalue weighted by molar-refractivity contribution is 5.80. The molecular formula is C34H37F3N8O2. The second-order valence-electron chi connectivity index (χ2n) is 12.5. The van der Waals surface area contributed by atoms with E-state index in [2.05, 4.69) is 79.2 Å². The number of piperazine rings is 2. The van der Waals surface area contributed by atoms with Crippen LogP contribution in [0.5, 0.6) is 5.75 Å². The second kappa shape index (κ2) is 13.1. The molecule has 1 N–H and O–H groups in total. The van der Waals surface area contributed by atoms with Crippen molar-refractivity contribution in [2.24, 2.45) is 5.92 Å². The summed E-state index contributed by atoms with van der Waals surface area (Å²) in [6.45, 7) is 5.33. The molecule has 4 heterocycles. The van der Waals surface area contributed by atoms with Crippen LogP contribution in [-0.2, 0) is 17.5 Å². The van der Waals surface area contributed by atoms with Crippen LogP contribution in [0.3, 0.4) is 0 Å². The lowest BCUT2D eigenvalue weighted by Crippen LogP contribution is -2.68. The van der Waals surface area contributed by atoms with Crippen molar-refractivity contribution in [2.75, 3.05) is 52.9 Å². The zero-order valence-corrected chi connectivity index (χ0v) is 26.1. The van der Waals surface area contributed by atoms with Crippen LogP contribution in [-0.4, -0.2) is 106 Å². The summed E-state index contributed by atoms with van der Waals surface area (Å²) in [6.07, 6.45) is -4.71. The number of benzene rings is 3. The Morgan fingerprint density at radius 3 is 2.28 bits per heavy atom. The van der Waals surface area contributed by atoms with Gasteiger partial charge in [0.05, 0.1) is 18.7 Å². The van der Waals surface area contributed by atoms with Crippen molar-refractivity contribution in [1.82, 2.24) is 40.2 Å². The number of alkyl halides is 3. The van der Waals surface area contributed by atoms with Gasteiger partial charge in [-0.2, -0.15) is 17.9 Å². The molecule has 0 spiro atoms. The topological polar surface area (TPSA) is 91.6 Å². The van der Waals surface area contributed by atoms with E-state index in [0.717, 1.165) is 25.2 Å². The molecule has 246 valence electrons. The van der Waals surface area contributed by atoms with E-state index in [-0.39, 0.29) is 35.5 Å². The fraction of sp³-hybridized carbons (Fsp3) is 0.412. The van der Waals surface area contributed by atoms with Crippen molar-refractivity contribution < 1.29 is 22.7 Å². The number of hydrogen-bond donors (Lipinski definition) is 1. The van der Waals surface area contributed by atoms with Crippen LogP contribution >= 0.6 is 0 Å². The number of nitrogens with one attached hydrogen (secondary N) is 1. The molecule has 3 aromatic carbocycles. The molecule has 4 aromatic rings. The molecule has 0 bridgehead atoms. The summed E-state index contributed by atoms with van der Waals surface area (Å²) in [6, 6.07) is 26.0. The van der Waals surface area contributed by atoms with E-state index in [4.69, 9.17) is 4.74 Å². The van der Waals surface area contributed by atoms with Crippen LogP contribution in [0.2, 0.25) is 0 Å². The summed E-state index contributed by atoms with van der Waals surface area (Å²) in [5, 5.41) is 13.4. The van der Waals surface area contributed by atoms with E-state index in [1.54, 1.807) is 19.2 Å². The van der Waals surface area contributed by atoms with Crippen LogP contribution in [0.25, 0.3) is 5.69 Å². The molecule has 1 aromatic heterocycles. The molecule has 3 saturated heterocycles. The van der Waals surface area contributed by atoms with E-state index in [1.807, 2.05) is 17.0 Å². The largest absolute Gasteiger partial charge is 0.496 e. The molecule has 7 rings (SSSR count). The van der Waals surface area contributed by atoms with Gasteiger partial charge in [0.2, 0.25) is 5.91 Å². The SMILES string of the molecule is COc1ccc(-n2nnnc2C(F)(F)F)cc1CN1C[C@@H]2CN(C(=O)C3CNC3)CCN2[C@H](C(c2ccccc2)c2ccccc2)C1. The van der Waals surface area contributed by atoms with Crippen molar-refractivity contribution in [3.05, 3.63) is 101 Å². The fourth-order valence-electron chi connectivity index (χ4n) is 7.31. The van der Waals surface area contributed by atoms with Crippen molar-refractivity contribution in [1.29, 1.82) is 0 Å². The maximum absolute atomic E-state index is 13.7. The number of hydrogen-bond acceptors (Lipinski definition) is 8. The minimum absolute atomic E-state index is 0.0262. The molecule has 3 fully saturated rings. The van der Waals surface area contributed by atoms with Crippen LogP contribution in [0.1, 0.15) is 28.4 Å². The van der Waals surface area contributed by atoms with E-state index < -0.39 is 12.0 Å². The fourth-order valence-corrected chi connectivity index (χ4v) is 7.31. The molecule has 10 nitrogen and oxygen atoms in total.